The van der Waals surface area contributed by atoms with E-state index in [1.54, 1.807) is 25.2 Å². The van der Waals surface area contributed by atoms with Crippen molar-refractivity contribution in [2.75, 3.05) is 18.6 Å². The molecule has 30 heavy (non-hydrogen) atoms. The number of aryl methyl sites for hydroxylation is 1. The van der Waals surface area contributed by atoms with Crippen LogP contribution in [-0.4, -0.2) is 40.6 Å². The molecule has 0 fully saturated rings. The van der Waals surface area contributed by atoms with Gasteiger partial charge in [0.1, 0.15) is 16.6 Å². The Labute approximate surface area is 179 Å². The molecule has 4 rings (SSSR count). The van der Waals surface area contributed by atoms with E-state index in [1.165, 1.54) is 16.7 Å². The summed E-state index contributed by atoms with van der Waals surface area (Å²) >= 11 is 1.40. The average Bonchev–Trinajstić information content (AvgIpc) is 2.76. The summed E-state index contributed by atoms with van der Waals surface area (Å²) in [6.07, 6.45) is 0. The quantitative estimate of drug-likeness (QED) is 0.351. The van der Waals surface area contributed by atoms with Gasteiger partial charge in [-0.2, -0.15) is 0 Å². The Kier molecular flexibility index (Phi) is 5.55. The molecule has 7 heteroatoms. The van der Waals surface area contributed by atoms with Gasteiger partial charge in [-0.05, 0) is 38.1 Å². The molecule has 6 nitrogen and oxygen atoms in total. The maximum absolute atomic E-state index is 13.1. The summed E-state index contributed by atoms with van der Waals surface area (Å²) in [6.45, 7) is 3.72. The fourth-order valence-corrected chi connectivity index (χ4v) is 4.22. The van der Waals surface area contributed by atoms with Crippen molar-refractivity contribution in [1.29, 1.82) is 0 Å². The second-order valence-corrected chi connectivity index (χ2v) is 8.41. The normalized spacial score (nSPS) is 14.1. The molecule has 1 aliphatic rings. The highest BCUT2D eigenvalue weighted by molar-refractivity contribution is 8.00. The van der Waals surface area contributed by atoms with Crippen molar-refractivity contribution in [2.45, 2.75) is 24.1 Å². The number of rotatable bonds is 5. The van der Waals surface area contributed by atoms with E-state index in [-0.39, 0.29) is 23.5 Å². The second kappa shape index (κ2) is 8.28. The molecule has 2 aromatic carbocycles. The number of carbonyl (C=O) groups is 2. The van der Waals surface area contributed by atoms with E-state index in [2.05, 4.69) is 9.97 Å². The predicted molar refractivity (Wildman–Crippen MR) is 117 cm³/mol. The largest absolute Gasteiger partial charge is 0.482 e. The summed E-state index contributed by atoms with van der Waals surface area (Å²) in [7, 11) is 1.69. The number of Topliss-reactive ketones (excluding diaryl/α,β-unsaturated/α-hetero) is 1. The SMILES string of the molecule is Cc1nc(SC(C)C(=O)c2ccc3c(c2)N(C)C(=O)CO3)cc(-c2ccccc2)n1. The van der Waals surface area contributed by atoms with Gasteiger partial charge in [-0.15, -0.1) is 0 Å². The zero-order valence-corrected chi connectivity index (χ0v) is 17.8. The molecule has 0 spiro atoms. The molecule has 0 aliphatic carbocycles. The minimum atomic E-state index is -0.355. The van der Waals surface area contributed by atoms with E-state index in [9.17, 15) is 9.59 Å². The van der Waals surface area contributed by atoms with Crippen molar-refractivity contribution in [1.82, 2.24) is 9.97 Å². The minimum absolute atomic E-state index is 0.0137. The Morgan fingerprint density at radius 1 is 1.13 bits per heavy atom. The first kappa shape index (κ1) is 20.1. The van der Waals surface area contributed by atoms with Gasteiger partial charge in [0.2, 0.25) is 0 Å². The zero-order chi connectivity index (χ0) is 21.3. The first-order chi connectivity index (χ1) is 14.4. The molecule has 1 amide bonds. The number of thioether (sulfide) groups is 1. The first-order valence-electron chi connectivity index (χ1n) is 9.58. The number of anilines is 1. The third kappa shape index (κ3) is 4.07. The van der Waals surface area contributed by atoms with Crippen LogP contribution in [0.2, 0.25) is 0 Å². The monoisotopic (exact) mass is 419 g/mol. The molecule has 0 saturated heterocycles. The molecule has 0 radical (unpaired) electrons. The number of benzene rings is 2. The van der Waals surface area contributed by atoms with Crippen molar-refractivity contribution in [3.8, 4) is 17.0 Å². The number of nitrogens with zero attached hydrogens (tertiary/aromatic N) is 3. The highest BCUT2D eigenvalue weighted by Crippen LogP contribution is 2.34. The maximum Gasteiger partial charge on any atom is 0.264 e. The van der Waals surface area contributed by atoms with Crippen LogP contribution in [0.5, 0.6) is 5.75 Å². The van der Waals surface area contributed by atoms with Crippen LogP contribution < -0.4 is 9.64 Å². The van der Waals surface area contributed by atoms with Crippen LogP contribution in [0.4, 0.5) is 5.69 Å². The smallest absolute Gasteiger partial charge is 0.264 e. The van der Waals surface area contributed by atoms with Crippen LogP contribution in [0, 0.1) is 6.92 Å². The predicted octanol–water partition coefficient (Wildman–Crippen LogP) is 4.17. The van der Waals surface area contributed by atoms with Crippen LogP contribution in [0.15, 0.2) is 59.6 Å². The van der Waals surface area contributed by atoms with Crippen molar-refractivity contribution >= 4 is 29.1 Å². The third-order valence-electron chi connectivity index (χ3n) is 4.88. The highest BCUT2D eigenvalue weighted by Gasteiger charge is 2.25. The van der Waals surface area contributed by atoms with E-state index in [4.69, 9.17) is 4.74 Å². The summed E-state index contributed by atoms with van der Waals surface area (Å²) in [5.74, 6) is 1.09. The van der Waals surface area contributed by atoms with Crippen molar-refractivity contribution in [2.24, 2.45) is 0 Å². The number of ether oxygens (including phenoxy) is 1. The van der Waals surface area contributed by atoms with Crippen LogP contribution in [0.1, 0.15) is 23.1 Å². The van der Waals surface area contributed by atoms with Gasteiger partial charge in [0.05, 0.1) is 16.6 Å². The molecule has 0 saturated carbocycles. The van der Waals surface area contributed by atoms with E-state index in [0.717, 1.165) is 16.3 Å². The van der Waals surface area contributed by atoms with Crippen LogP contribution in [0.3, 0.4) is 0 Å². The second-order valence-electron chi connectivity index (χ2n) is 7.05. The molecular weight excluding hydrogens is 398 g/mol. The standard InChI is InChI=1S/C23H21N3O3S/c1-14(23(28)17-9-10-20-19(11-17)26(3)22(27)13-29-20)30-21-12-18(24-15(2)25-21)16-7-5-4-6-8-16/h4-12,14H,13H2,1-3H3. The maximum atomic E-state index is 13.1. The van der Waals surface area contributed by atoms with Gasteiger partial charge in [-0.3, -0.25) is 9.59 Å². The molecule has 1 aliphatic heterocycles. The molecule has 3 aromatic rings. The number of amides is 1. The Balaban J connectivity index is 1.56. The van der Waals surface area contributed by atoms with Crippen LogP contribution in [0.25, 0.3) is 11.3 Å². The molecule has 2 heterocycles. The topological polar surface area (TPSA) is 72.4 Å². The van der Waals surface area contributed by atoms with Gasteiger partial charge in [0.15, 0.2) is 12.4 Å². The fourth-order valence-electron chi connectivity index (χ4n) is 3.25. The van der Waals surface area contributed by atoms with E-state index in [0.29, 0.717) is 22.8 Å². The van der Waals surface area contributed by atoms with Crippen molar-refractivity contribution in [3.63, 3.8) is 0 Å². The Hall–Kier alpha value is -3.19. The summed E-state index contributed by atoms with van der Waals surface area (Å²) in [6, 6.07) is 17.0. The number of hydrogen-bond donors (Lipinski definition) is 0. The van der Waals surface area contributed by atoms with Gasteiger partial charge in [0.25, 0.3) is 5.91 Å². The van der Waals surface area contributed by atoms with Crippen LogP contribution in [-0.2, 0) is 4.79 Å². The Morgan fingerprint density at radius 3 is 2.67 bits per heavy atom. The summed E-state index contributed by atoms with van der Waals surface area (Å²) in [5.41, 5.74) is 2.98. The Morgan fingerprint density at radius 2 is 1.90 bits per heavy atom. The number of likely N-dealkylation sites (N-methyl/N-ethyl adjacent to an activating group) is 1. The van der Waals surface area contributed by atoms with Crippen molar-refractivity contribution < 1.29 is 14.3 Å². The lowest BCUT2D eigenvalue weighted by Gasteiger charge is -2.26. The van der Waals surface area contributed by atoms with Gasteiger partial charge < -0.3 is 9.64 Å². The number of carbonyl (C=O) groups excluding carboxylic acids is 2. The highest BCUT2D eigenvalue weighted by atomic mass is 32.2. The summed E-state index contributed by atoms with van der Waals surface area (Å²) < 4.78 is 5.44. The number of ketones is 1. The average molecular weight is 420 g/mol. The van der Waals surface area contributed by atoms with E-state index in [1.807, 2.05) is 50.2 Å². The number of hydrogen-bond acceptors (Lipinski definition) is 6. The molecule has 0 bridgehead atoms. The lowest BCUT2D eigenvalue weighted by Crippen LogP contribution is -2.35. The third-order valence-corrected chi connectivity index (χ3v) is 5.90. The Bertz CT molecular complexity index is 1120. The van der Waals surface area contributed by atoms with E-state index >= 15 is 0 Å². The molecule has 152 valence electrons. The minimum Gasteiger partial charge on any atom is -0.482 e. The lowest BCUT2D eigenvalue weighted by atomic mass is 10.1. The molecule has 1 aromatic heterocycles. The van der Waals surface area contributed by atoms with Crippen LogP contribution >= 0.6 is 11.8 Å². The lowest BCUT2D eigenvalue weighted by molar-refractivity contribution is -0.120. The molecule has 0 N–H and O–H groups in total. The summed E-state index contributed by atoms with van der Waals surface area (Å²) in [4.78, 5) is 35.5. The first-order valence-corrected chi connectivity index (χ1v) is 10.5. The van der Waals surface area contributed by atoms with Gasteiger partial charge in [-0.1, -0.05) is 42.1 Å². The van der Waals surface area contributed by atoms with Crippen molar-refractivity contribution in [3.05, 3.63) is 66.0 Å². The fraction of sp³-hybridized carbons (Fsp3) is 0.217. The van der Waals surface area contributed by atoms with Gasteiger partial charge in [0, 0.05) is 18.2 Å². The molecule has 1 unspecified atom stereocenters. The van der Waals surface area contributed by atoms with Gasteiger partial charge in [-0.25, -0.2) is 9.97 Å². The van der Waals surface area contributed by atoms with E-state index < -0.39 is 0 Å². The summed E-state index contributed by atoms with van der Waals surface area (Å²) in [5, 5.41) is 0.391. The zero-order valence-electron chi connectivity index (χ0n) is 17.0. The molecule has 1 atom stereocenters. The number of aromatic nitrogens is 2. The molecular formula is C23H21N3O3S. The number of fused-ring (bicyclic) bond motifs is 1. The van der Waals surface area contributed by atoms with Gasteiger partial charge >= 0.3 is 0 Å².